The minimum Gasteiger partial charge on any atom is -0.381 e. The second kappa shape index (κ2) is 4.94. The molecule has 2 nitrogen and oxygen atoms in total. The molecular formula is C11H14BrFN2. The van der Waals surface area contributed by atoms with Gasteiger partial charge >= 0.3 is 0 Å². The summed E-state index contributed by atoms with van der Waals surface area (Å²) in [6.07, 6.45) is 2.17. The number of hydrogen-bond acceptors (Lipinski definition) is 2. The van der Waals surface area contributed by atoms with Crippen molar-refractivity contribution in [2.24, 2.45) is 0 Å². The van der Waals surface area contributed by atoms with Gasteiger partial charge in [-0.1, -0.05) is 0 Å². The van der Waals surface area contributed by atoms with Crippen molar-refractivity contribution in [2.45, 2.75) is 18.9 Å². The molecule has 0 aromatic heterocycles. The minimum absolute atomic E-state index is 0.199. The molecule has 82 valence electrons. The highest BCUT2D eigenvalue weighted by Gasteiger charge is 2.13. The average Bonchev–Trinajstić information content (AvgIpc) is 2.25. The van der Waals surface area contributed by atoms with Crippen molar-refractivity contribution in [1.29, 1.82) is 0 Å². The lowest BCUT2D eigenvalue weighted by Crippen LogP contribution is -2.35. The molecule has 0 amide bonds. The van der Waals surface area contributed by atoms with E-state index in [0.29, 0.717) is 6.04 Å². The van der Waals surface area contributed by atoms with Gasteiger partial charge in [-0.05, 0) is 60.1 Å². The zero-order valence-corrected chi connectivity index (χ0v) is 9.98. The van der Waals surface area contributed by atoms with Gasteiger partial charge in [0.25, 0.3) is 0 Å². The van der Waals surface area contributed by atoms with Crippen LogP contribution in [0.3, 0.4) is 0 Å². The van der Waals surface area contributed by atoms with E-state index >= 15 is 0 Å². The second-order valence-electron chi connectivity index (χ2n) is 3.79. The van der Waals surface area contributed by atoms with Gasteiger partial charge in [-0.25, -0.2) is 4.39 Å². The van der Waals surface area contributed by atoms with Crippen LogP contribution in [0, 0.1) is 5.82 Å². The summed E-state index contributed by atoms with van der Waals surface area (Å²) < 4.78 is 13.9. The third-order valence-corrected chi connectivity index (χ3v) is 3.32. The molecule has 0 bridgehead atoms. The predicted octanol–water partition coefficient (Wildman–Crippen LogP) is 2.75. The first-order chi connectivity index (χ1) is 7.25. The van der Waals surface area contributed by atoms with Crippen LogP contribution in [0.4, 0.5) is 10.1 Å². The largest absolute Gasteiger partial charge is 0.381 e. The van der Waals surface area contributed by atoms with E-state index < -0.39 is 0 Å². The van der Waals surface area contributed by atoms with Crippen LogP contribution in [0.2, 0.25) is 0 Å². The van der Waals surface area contributed by atoms with Gasteiger partial charge in [-0.15, -0.1) is 0 Å². The Kier molecular flexibility index (Phi) is 3.59. The quantitative estimate of drug-likeness (QED) is 0.865. The van der Waals surface area contributed by atoms with Gasteiger partial charge in [0.1, 0.15) is 5.82 Å². The Balaban J connectivity index is 2.05. The number of hydrogen-bond donors (Lipinski definition) is 2. The van der Waals surface area contributed by atoms with E-state index in [1.54, 1.807) is 6.07 Å². The minimum atomic E-state index is -0.199. The van der Waals surface area contributed by atoms with Crippen LogP contribution in [0.5, 0.6) is 0 Å². The van der Waals surface area contributed by atoms with Gasteiger partial charge in [0, 0.05) is 10.5 Å². The van der Waals surface area contributed by atoms with Gasteiger partial charge in [0.05, 0.1) is 5.69 Å². The van der Waals surface area contributed by atoms with Crippen LogP contribution in [0.25, 0.3) is 0 Å². The van der Waals surface area contributed by atoms with E-state index in [-0.39, 0.29) is 5.82 Å². The molecule has 1 saturated heterocycles. The van der Waals surface area contributed by atoms with Gasteiger partial charge in [-0.2, -0.15) is 0 Å². The molecule has 2 rings (SSSR count). The van der Waals surface area contributed by atoms with Crippen LogP contribution in [0.1, 0.15) is 12.8 Å². The molecule has 15 heavy (non-hydrogen) atoms. The van der Waals surface area contributed by atoms with Crippen molar-refractivity contribution in [2.75, 3.05) is 18.4 Å². The van der Waals surface area contributed by atoms with Crippen molar-refractivity contribution in [1.82, 2.24) is 5.32 Å². The number of halogens is 2. The molecule has 1 heterocycles. The average molecular weight is 273 g/mol. The Hall–Kier alpha value is -0.610. The maximum atomic E-state index is 13.0. The third kappa shape index (κ3) is 2.92. The fraction of sp³-hybridized carbons (Fsp3) is 0.455. The van der Waals surface area contributed by atoms with Crippen LogP contribution in [-0.4, -0.2) is 19.1 Å². The molecule has 0 saturated carbocycles. The first kappa shape index (κ1) is 10.9. The molecule has 0 radical (unpaired) electrons. The van der Waals surface area contributed by atoms with Gasteiger partial charge in [0.15, 0.2) is 0 Å². The fourth-order valence-electron chi connectivity index (χ4n) is 1.79. The van der Waals surface area contributed by atoms with E-state index in [1.165, 1.54) is 12.1 Å². The molecular weight excluding hydrogens is 259 g/mol. The molecule has 0 atom stereocenters. The summed E-state index contributed by atoms with van der Waals surface area (Å²) in [5.74, 6) is -0.199. The molecule has 1 aromatic carbocycles. The lowest BCUT2D eigenvalue weighted by molar-refractivity contribution is 0.479. The van der Waals surface area contributed by atoms with E-state index in [9.17, 15) is 4.39 Å². The Morgan fingerprint density at radius 1 is 1.33 bits per heavy atom. The lowest BCUT2D eigenvalue weighted by atomic mass is 10.1. The molecule has 0 aliphatic carbocycles. The van der Waals surface area contributed by atoms with Crippen molar-refractivity contribution in [3.05, 3.63) is 28.5 Å². The molecule has 4 heteroatoms. The van der Waals surface area contributed by atoms with Gasteiger partial charge in [0.2, 0.25) is 0 Å². The summed E-state index contributed by atoms with van der Waals surface area (Å²) in [5.41, 5.74) is 0.849. The molecule has 0 spiro atoms. The van der Waals surface area contributed by atoms with Crippen molar-refractivity contribution < 1.29 is 4.39 Å². The van der Waals surface area contributed by atoms with Crippen LogP contribution >= 0.6 is 15.9 Å². The smallest absolute Gasteiger partial charge is 0.125 e. The Morgan fingerprint density at radius 3 is 2.80 bits per heavy atom. The highest BCUT2D eigenvalue weighted by atomic mass is 79.9. The zero-order chi connectivity index (χ0) is 10.7. The normalized spacial score (nSPS) is 17.7. The maximum absolute atomic E-state index is 13.0. The van der Waals surface area contributed by atoms with Crippen LogP contribution in [0.15, 0.2) is 22.7 Å². The zero-order valence-electron chi connectivity index (χ0n) is 8.39. The first-order valence-electron chi connectivity index (χ1n) is 5.18. The number of nitrogens with one attached hydrogen (secondary N) is 2. The van der Waals surface area contributed by atoms with Crippen molar-refractivity contribution in [3.63, 3.8) is 0 Å². The Morgan fingerprint density at radius 2 is 2.07 bits per heavy atom. The Bertz CT molecular complexity index is 337. The summed E-state index contributed by atoms with van der Waals surface area (Å²) in [7, 11) is 0. The first-order valence-corrected chi connectivity index (χ1v) is 5.97. The number of benzene rings is 1. The predicted molar refractivity (Wildman–Crippen MR) is 63.6 cm³/mol. The van der Waals surface area contributed by atoms with Gasteiger partial charge in [-0.3, -0.25) is 0 Å². The van der Waals surface area contributed by atoms with Crippen LogP contribution in [-0.2, 0) is 0 Å². The monoisotopic (exact) mass is 272 g/mol. The molecule has 0 unspecified atom stereocenters. The number of anilines is 1. The highest BCUT2D eigenvalue weighted by Crippen LogP contribution is 2.24. The van der Waals surface area contributed by atoms with Gasteiger partial charge < -0.3 is 10.6 Å². The molecule has 1 aromatic rings. The fourth-order valence-corrected chi connectivity index (χ4v) is 2.16. The summed E-state index contributed by atoms with van der Waals surface area (Å²) >= 11 is 3.41. The highest BCUT2D eigenvalue weighted by molar-refractivity contribution is 9.10. The van der Waals surface area contributed by atoms with E-state index in [2.05, 4.69) is 26.6 Å². The van der Waals surface area contributed by atoms with E-state index in [0.717, 1.165) is 36.1 Å². The summed E-state index contributed by atoms with van der Waals surface area (Å²) in [6, 6.07) is 5.17. The maximum Gasteiger partial charge on any atom is 0.125 e. The van der Waals surface area contributed by atoms with Crippen molar-refractivity contribution in [3.8, 4) is 0 Å². The van der Waals surface area contributed by atoms with Crippen LogP contribution < -0.4 is 10.6 Å². The molecule has 1 aliphatic heterocycles. The number of rotatable bonds is 2. The third-order valence-electron chi connectivity index (χ3n) is 2.63. The van der Waals surface area contributed by atoms with E-state index in [4.69, 9.17) is 0 Å². The molecule has 1 aliphatic rings. The number of piperidine rings is 1. The molecule has 2 N–H and O–H groups in total. The Labute approximate surface area is 97.4 Å². The summed E-state index contributed by atoms with van der Waals surface area (Å²) in [4.78, 5) is 0. The summed E-state index contributed by atoms with van der Waals surface area (Å²) in [6.45, 7) is 2.06. The summed E-state index contributed by atoms with van der Waals surface area (Å²) in [5, 5.41) is 6.66. The second-order valence-corrected chi connectivity index (χ2v) is 4.65. The molecule has 1 fully saturated rings. The van der Waals surface area contributed by atoms with E-state index in [1.807, 2.05) is 0 Å². The lowest BCUT2D eigenvalue weighted by Gasteiger charge is -2.25. The topological polar surface area (TPSA) is 24.1 Å². The standard InChI is InChI=1S/C11H14BrFN2/c12-10-2-1-8(13)7-11(10)15-9-3-5-14-6-4-9/h1-2,7,9,14-15H,3-6H2. The SMILES string of the molecule is Fc1ccc(Br)c(NC2CCNCC2)c1. The van der Waals surface area contributed by atoms with Crippen molar-refractivity contribution >= 4 is 21.6 Å².